The van der Waals surface area contributed by atoms with Gasteiger partial charge < -0.3 is 15.7 Å². The number of sulfonamides is 1. The fourth-order valence-corrected chi connectivity index (χ4v) is 4.77. The molecule has 0 aromatic heterocycles. The number of nitrogens with one attached hydrogen (secondary N) is 3. The third-order valence-corrected chi connectivity index (χ3v) is 6.96. The zero-order chi connectivity index (χ0) is 24.1. The summed E-state index contributed by atoms with van der Waals surface area (Å²) in [6.45, 7) is 0.348. The minimum absolute atomic E-state index is 0.0658. The van der Waals surface area contributed by atoms with Crippen LogP contribution in [0.3, 0.4) is 0 Å². The molecule has 1 heterocycles. The van der Waals surface area contributed by atoms with E-state index >= 15 is 0 Å². The van der Waals surface area contributed by atoms with Gasteiger partial charge in [0.25, 0.3) is 5.91 Å². The lowest BCUT2D eigenvalue weighted by Crippen LogP contribution is -2.24. The van der Waals surface area contributed by atoms with Gasteiger partial charge >= 0.3 is 0 Å². The summed E-state index contributed by atoms with van der Waals surface area (Å²) in [5, 5.41) is 15.1. The maximum atomic E-state index is 12.8. The molecule has 8 nitrogen and oxygen atoms in total. The molecule has 0 atom stereocenters. The molecule has 0 fully saturated rings. The number of anilines is 1. The largest absolute Gasteiger partial charge is 0.508 e. The van der Waals surface area contributed by atoms with Crippen LogP contribution in [0.1, 0.15) is 39.9 Å². The standard InChI is InChI=1S/C25H25N3O5S/c29-21-5-1-3-18(13-21)15-26-25(31)19-9-7-17(8-10-19)16-27-34(32,33)22-11-12-23-20(14-22)4-2-6-24(30)28-23/h1,3,5,7-14,27,29H,2,4,6,15-16H2,(H,26,31)(H,28,30). The Balaban J connectivity index is 1.35. The number of benzene rings is 3. The lowest BCUT2D eigenvalue weighted by atomic mass is 10.1. The molecular weight excluding hydrogens is 454 g/mol. The molecule has 176 valence electrons. The first-order chi connectivity index (χ1) is 16.3. The van der Waals surface area contributed by atoms with Crippen LogP contribution in [0, 0.1) is 0 Å². The van der Waals surface area contributed by atoms with Crippen molar-refractivity contribution in [1.82, 2.24) is 10.0 Å². The Morgan fingerprint density at radius 2 is 1.74 bits per heavy atom. The third kappa shape index (κ3) is 5.81. The summed E-state index contributed by atoms with van der Waals surface area (Å²) in [5.74, 6) is -0.201. The number of hydrogen-bond donors (Lipinski definition) is 4. The van der Waals surface area contributed by atoms with Crippen LogP contribution in [0.4, 0.5) is 5.69 Å². The van der Waals surface area contributed by atoms with E-state index in [1.807, 2.05) is 0 Å². The monoisotopic (exact) mass is 479 g/mol. The van der Waals surface area contributed by atoms with E-state index in [-0.39, 0.29) is 35.5 Å². The van der Waals surface area contributed by atoms with Gasteiger partial charge in [0, 0.05) is 30.8 Å². The molecule has 1 aliphatic rings. The quantitative estimate of drug-likeness (QED) is 0.415. The molecular formula is C25H25N3O5S. The first-order valence-corrected chi connectivity index (χ1v) is 12.4. The van der Waals surface area contributed by atoms with Gasteiger partial charge in [0.15, 0.2) is 0 Å². The average molecular weight is 480 g/mol. The van der Waals surface area contributed by atoms with Gasteiger partial charge in [-0.25, -0.2) is 13.1 Å². The minimum Gasteiger partial charge on any atom is -0.508 e. The van der Waals surface area contributed by atoms with Crippen LogP contribution in [0.25, 0.3) is 0 Å². The van der Waals surface area contributed by atoms with E-state index in [2.05, 4.69) is 15.4 Å². The van der Waals surface area contributed by atoms with Gasteiger partial charge in [-0.3, -0.25) is 9.59 Å². The molecule has 2 amide bonds. The fraction of sp³-hybridized carbons (Fsp3) is 0.200. The second kappa shape index (κ2) is 10.1. The Bertz CT molecular complexity index is 1320. The topological polar surface area (TPSA) is 125 Å². The highest BCUT2D eigenvalue weighted by Crippen LogP contribution is 2.25. The summed E-state index contributed by atoms with van der Waals surface area (Å²) in [6, 6.07) is 18.0. The Labute approximate surface area is 198 Å². The van der Waals surface area contributed by atoms with Crippen molar-refractivity contribution in [3.05, 3.63) is 89.0 Å². The molecule has 4 N–H and O–H groups in total. The minimum atomic E-state index is -3.75. The van der Waals surface area contributed by atoms with Crippen LogP contribution in [-0.2, 0) is 34.3 Å². The predicted octanol–water partition coefficient (Wildman–Crippen LogP) is 3.08. The van der Waals surface area contributed by atoms with Gasteiger partial charge in [-0.2, -0.15) is 0 Å². The molecule has 0 radical (unpaired) electrons. The van der Waals surface area contributed by atoms with Crippen molar-refractivity contribution in [3.63, 3.8) is 0 Å². The van der Waals surface area contributed by atoms with Crippen LogP contribution in [0.2, 0.25) is 0 Å². The number of phenols is 1. The van der Waals surface area contributed by atoms with Crippen molar-refractivity contribution in [3.8, 4) is 5.75 Å². The molecule has 0 spiro atoms. The number of fused-ring (bicyclic) bond motifs is 1. The van der Waals surface area contributed by atoms with E-state index < -0.39 is 10.0 Å². The number of phenolic OH excluding ortho intramolecular Hbond substituents is 1. The number of carbonyl (C=O) groups is 2. The Morgan fingerprint density at radius 3 is 2.50 bits per heavy atom. The van der Waals surface area contributed by atoms with E-state index in [9.17, 15) is 23.1 Å². The molecule has 4 rings (SSSR count). The highest BCUT2D eigenvalue weighted by atomic mass is 32.2. The molecule has 3 aromatic rings. The van der Waals surface area contributed by atoms with Crippen LogP contribution in [-0.4, -0.2) is 25.3 Å². The molecule has 0 unspecified atom stereocenters. The van der Waals surface area contributed by atoms with Gasteiger partial charge in [-0.1, -0.05) is 24.3 Å². The molecule has 34 heavy (non-hydrogen) atoms. The Hall–Kier alpha value is -3.69. The van der Waals surface area contributed by atoms with E-state index in [1.54, 1.807) is 60.7 Å². The highest BCUT2D eigenvalue weighted by Gasteiger charge is 2.19. The summed E-state index contributed by atoms with van der Waals surface area (Å²) in [5.41, 5.74) is 3.38. The highest BCUT2D eigenvalue weighted by molar-refractivity contribution is 7.89. The molecule has 0 bridgehead atoms. The van der Waals surface area contributed by atoms with Crippen LogP contribution in [0.5, 0.6) is 5.75 Å². The van der Waals surface area contributed by atoms with E-state index in [4.69, 9.17) is 0 Å². The van der Waals surface area contributed by atoms with Gasteiger partial charge in [0.1, 0.15) is 5.75 Å². The number of aryl methyl sites for hydroxylation is 1. The molecule has 0 saturated heterocycles. The SMILES string of the molecule is O=C1CCCc2cc(S(=O)(=O)NCc3ccc(C(=O)NCc4cccc(O)c4)cc3)ccc2N1. The van der Waals surface area contributed by atoms with Crippen molar-refractivity contribution >= 4 is 27.5 Å². The van der Waals surface area contributed by atoms with Crippen molar-refractivity contribution in [2.75, 3.05) is 5.32 Å². The lowest BCUT2D eigenvalue weighted by molar-refractivity contribution is -0.116. The van der Waals surface area contributed by atoms with Gasteiger partial charge in [0.05, 0.1) is 4.90 Å². The van der Waals surface area contributed by atoms with Crippen molar-refractivity contribution in [1.29, 1.82) is 0 Å². The molecule has 1 aliphatic heterocycles. The summed E-state index contributed by atoms with van der Waals surface area (Å²) >= 11 is 0. The van der Waals surface area contributed by atoms with Crippen LogP contribution in [0.15, 0.2) is 71.6 Å². The normalized spacial score (nSPS) is 13.5. The molecule has 0 aliphatic carbocycles. The van der Waals surface area contributed by atoms with Gasteiger partial charge in [0.2, 0.25) is 15.9 Å². The summed E-state index contributed by atoms with van der Waals surface area (Å²) < 4.78 is 28.1. The van der Waals surface area contributed by atoms with E-state index in [1.165, 1.54) is 6.07 Å². The zero-order valence-electron chi connectivity index (χ0n) is 18.4. The number of amides is 2. The number of aromatic hydroxyl groups is 1. The second-order valence-corrected chi connectivity index (χ2v) is 9.86. The fourth-order valence-electron chi connectivity index (χ4n) is 3.70. The van der Waals surface area contributed by atoms with Crippen molar-refractivity contribution in [2.45, 2.75) is 37.2 Å². The number of carbonyl (C=O) groups excluding carboxylic acids is 2. The van der Waals surface area contributed by atoms with E-state index in [0.717, 1.165) is 11.1 Å². The summed E-state index contributed by atoms with van der Waals surface area (Å²) in [7, 11) is -3.75. The average Bonchev–Trinajstić information content (AvgIpc) is 3.01. The van der Waals surface area contributed by atoms with Crippen molar-refractivity contribution < 1.29 is 23.1 Å². The van der Waals surface area contributed by atoms with Crippen LogP contribution < -0.4 is 15.4 Å². The first-order valence-electron chi connectivity index (χ1n) is 10.9. The molecule has 3 aromatic carbocycles. The lowest BCUT2D eigenvalue weighted by Gasteiger charge is -2.11. The Morgan fingerprint density at radius 1 is 0.941 bits per heavy atom. The smallest absolute Gasteiger partial charge is 0.251 e. The zero-order valence-corrected chi connectivity index (χ0v) is 19.2. The first kappa shape index (κ1) is 23.5. The molecule has 0 saturated carbocycles. The maximum absolute atomic E-state index is 12.8. The number of hydrogen-bond acceptors (Lipinski definition) is 5. The summed E-state index contributed by atoms with van der Waals surface area (Å²) in [6.07, 6.45) is 1.72. The van der Waals surface area contributed by atoms with Crippen molar-refractivity contribution in [2.24, 2.45) is 0 Å². The molecule has 9 heteroatoms. The third-order valence-electron chi connectivity index (χ3n) is 5.56. The Kier molecular flexibility index (Phi) is 6.95. The maximum Gasteiger partial charge on any atom is 0.251 e. The summed E-state index contributed by atoms with van der Waals surface area (Å²) in [4.78, 5) is 24.2. The number of rotatable bonds is 7. The van der Waals surface area contributed by atoms with E-state index in [0.29, 0.717) is 36.1 Å². The van der Waals surface area contributed by atoms with Gasteiger partial charge in [-0.15, -0.1) is 0 Å². The predicted molar refractivity (Wildman–Crippen MR) is 128 cm³/mol. The second-order valence-electron chi connectivity index (χ2n) is 8.09. The van der Waals surface area contributed by atoms with Crippen LogP contribution >= 0.6 is 0 Å². The van der Waals surface area contributed by atoms with Gasteiger partial charge in [-0.05, 0) is 72.0 Å².